The van der Waals surface area contributed by atoms with E-state index in [0.717, 1.165) is 12.2 Å². The Morgan fingerprint density at radius 2 is 2.44 bits per heavy atom. The average Bonchev–Trinajstić information content (AvgIpc) is 2.87. The van der Waals surface area contributed by atoms with Gasteiger partial charge in [0.2, 0.25) is 0 Å². The van der Waals surface area contributed by atoms with Crippen LogP contribution >= 0.6 is 11.3 Å². The van der Waals surface area contributed by atoms with Gasteiger partial charge >= 0.3 is 0 Å². The van der Waals surface area contributed by atoms with Crippen LogP contribution in [0.2, 0.25) is 0 Å². The van der Waals surface area contributed by atoms with Crippen LogP contribution in [0.25, 0.3) is 0 Å². The van der Waals surface area contributed by atoms with E-state index < -0.39 is 0 Å². The smallest absolute Gasteiger partial charge is 0.260 e. The molecular weight excluding hydrogens is 224 g/mol. The zero-order chi connectivity index (χ0) is 11.5. The highest BCUT2D eigenvalue weighted by Crippen LogP contribution is 2.15. The first kappa shape index (κ1) is 10.8. The number of hydrogen-bond acceptors (Lipinski definition) is 4. The van der Waals surface area contributed by atoms with Gasteiger partial charge in [0.15, 0.2) is 5.13 Å². The molecule has 0 aromatic carbocycles. The summed E-state index contributed by atoms with van der Waals surface area (Å²) < 4.78 is 1.71. The first-order chi connectivity index (χ1) is 7.69. The van der Waals surface area contributed by atoms with Crippen molar-refractivity contribution in [3.63, 3.8) is 0 Å². The van der Waals surface area contributed by atoms with Crippen molar-refractivity contribution < 1.29 is 4.79 Å². The minimum Gasteiger partial charge on any atom is -0.298 e. The van der Waals surface area contributed by atoms with Crippen molar-refractivity contribution in [1.29, 1.82) is 0 Å². The molecule has 1 amide bonds. The molecule has 0 aliphatic rings. The minimum atomic E-state index is -0.172. The van der Waals surface area contributed by atoms with Crippen LogP contribution in [0.15, 0.2) is 17.8 Å². The fourth-order valence-corrected chi connectivity index (χ4v) is 1.92. The second-order valence-electron chi connectivity index (χ2n) is 3.33. The van der Waals surface area contributed by atoms with Gasteiger partial charge in [-0.3, -0.25) is 14.8 Å². The summed E-state index contributed by atoms with van der Waals surface area (Å²) in [5.41, 5.74) is 1.46. The minimum absolute atomic E-state index is 0.172. The number of aryl methyl sites for hydroxylation is 2. The molecule has 0 aliphatic heterocycles. The van der Waals surface area contributed by atoms with Crippen molar-refractivity contribution in [2.24, 2.45) is 0 Å². The molecule has 0 radical (unpaired) electrons. The Bertz CT molecular complexity index is 502. The Labute approximate surface area is 97.1 Å². The van der Waals surface area contributed by atoms with Crippen LogP contribution in [0.4, 0.5) is 5.13 Å². The maximum Gasteiger partial charge on any atom is 0.260 e. The lowest BCUT2D eigenvalue weighted by atomic mass is 10.3. The largest absolute Gasteiger partial charge is 0.298 e. The number of nitrogens with one attached hydrogen (secondary N) is 1. The highest BCUT2D eigenvalue weighted by molar-refractivity contribution is 7.13. The molecule has 0 unspecified atom stereocenters. The summed E-state index contributed by atoms with van der Waals surface area (Å²) in [5, 5.41) is 9.28. The van der Waals surface area contributed by atoms with Gasteiger partial charge in [-0.05, 0) is 13.8 Å². The van der Waals surface area contributed by atoms with Crippen LogP contribution < -0.4 is 5.32 Å². The summed E-state index contributed by atoms with van der Waals surface area (Å²) in [7, 11) is 0. The van der Waals surface area contributed by atoms with E-state index in [1.807, 2.05) is 19.2 Å². The molecule has 0 saturated carbocycles. The van der Waals surface area contributed by atoms with Crippen molar-refractivity contribution in [2.75, 3.05) is 5.32 Å². The molecule has 2 aromatic heterocycles. The zero-order valence-corrected chi connectivity index (χ0v) is 9.91. The molecule has 84 valence electrons. The summed E-state index contributed by atoms with van der Waals surface area (Å²) >= 11 is 1.41. The summed E-state index contributed by atoms with van der Waals surface area (Å²) in [6, 6.07) is 0. The lowest BCUT2D eigenvalue weighted by Gasteiger charge is -1.97. The number of amides is 1. The van der Waals surface area contributed by atoms with Gasteiger partial charge in [0.25, 0.3) is 5.91 Å². The number of hydrogen-bond donors (Lipinski definition) is 1. The van der Waals surface area contributed by atoms with Crippen LogP contribution in [-0.4, -0.2) is 20.7 Å². The lowest BCUT2D eigenvalue weighted by Crippen LogP contribution is -2.10. The number of rotatable bonds is 3. The maximum atomic E-state index is 11.8. The molecular formula is C10H12N4OS. The SMILES string of the molecule is CCn1cc(C(=O)Nc2nc(C)cs2)cn1. The van der Waals surface area contributed by atoms with E-state index in [9.17, 15) is 4.79 Å². The van der Waals surface area contributed by atoms with Gasteiger partial charge in [-0.25, -0.2) is 4.98 Å². The molecule has 0 spiro atoms. The van der Waals surface area contributed by atoms with E-state index in [1.165, 1.54) is 11.3 Å². The van der Waals surface area contributed by atoms with E-state index in [1.54, 1.807) is 17.1 Å². The van der Waals surface area contributed by atoms with E-state index in [-0.39, 0.29) is 5.91 Å². The Balaban J connectivity index is 2.08. The quantitative estimate of drug-likeness (QED) is 0.885. The van der Waals surface area contributed by atoms with Crippen LogP contribution in [0.1, 0.15) is 23.0 Å². The van der Waals surface area contributed by atoms with Gasteiger partial charge in [-0.1, -0.05) is 0 Å². The monoisotopic (exact) mass is 236 g/mol. The molecule has 0 atom stereocenters. The molecule has 2 rings (SSSR count). The number of aromatic nitrogens is 3. The van der Waals surface area contributed by atoms with Gasteiger partial charge in [-0.15, -0.1) is 11.3 Å². The Morgan fingerprint density at radius 1 is 1.62 bits per heavy atom. The maximum absolute atomic E-state index is 11.8. The first-order valence-corrected chi connectivity index (χ1v) is 5.83. The summed E-state index contributed by atoms with van der Waals surface area (Å²) in [6.07, 6.45) is 3.27. The molecule has 0 bridgehead atoms. The number of carbonyl (C=O) groups is 1. The molecule has 1 N–H and O–H groups in total. The third-order valence-electron chi connectivity index (χ3n) is 2.06. The number of carbonyl (C=O) groups excluding carboxylic acids is 1. The fraction of sp³-hybridized carbons (Fsp3) is 0.300. The molecule has 0 aliphatic carbocycles. The molecule has 2 heterocycles. The van der Waals surface area contributed by atoms with Crippen molar-refractivity contribution in [3.8, 4) is 0 Å². The van der Waals surface area contributed by atoms with Crippen molar-refractivity contribution in [1.82, 2.24) is 14.8 Å². The lowest BCUT2D eigenvalue weighted by molar-refractivity contribution is 0.102. The summed E-state index contributed by atoms with van der Waals surface area (Å²) in [6.45, 7) is 4.61. The van der Waals surface area contributed by atoms with Gasteiger partial charge in [0, 0.05) is 18.1 Å². The van der Waals surface area contributed by atoms with Crippen LogP contribution in [-0.2, 0) is 6.54 Å². The molecule has 0 saturated heterocycles. The molecule has 6 heteroatoms. The van der Waals surface area contributed by atoms with Crippen molar-refractivity contribution >= 4 is 22.4 Å². The summed E-state index contributed by atoms with van der Waals surface area (Å²) in [5.74, 6) is -0.172. The van der Waals surface area contributed by atoms with Crippen LogP contribution in [0, 0.1) is 6.92 Å². The predicted octanol–water partition coefficient (Wildman–Crippen LogP) is 1.92. The topological polar surface area (TPSA) is 59.8 Å². The van der Waals surface area contributed by atoms with Gasteiger partial charge in [0.1, 0.15) is 0 Å². The second-order valence-corrected chi connectivity index (χ2v) is 4.19. The van der Waals surface area contributed by atoms with Gasteiger partial charge < -0.3 is 0 Å². The van der Waals surface area contributed by atoms with E-state index in [2.05, 4.69) is 15.4 Å². The number of thiazole rings is 1. The highest BCUT2D eigenvalue weighted by Gasteiger charge is 2.10. The number of anilines is 1. The highest BCUT2D eigenvalue weighted by atomic mass is 32.1. The standard InChI is InChI=1S/C10H12N4OS/c1-3-14-5-8(4-11-14)9(15)13-10-12-7(2)6-16-10/h4-6H,3H2,1-2H3,(H,12,13,15). The summed E-state index contributed by atoms with van der Waals surface area (Å²) in [4.78, 5) is 15.9. The van der Waals surface area contributed by atoms with Crippen molar-refractivity contribution in [2.45, 2.75) is 20.4 Å². The molecule has 16 heavy (non-hydrogen) atoms. The van der Waals surface area contributed by atoms with Crippen molar-refractivity contribution in [3.05, 3.63) is 29.0 Å². The average molecular weight is 236 g/mol. The van der Waals surface area contributed by atoms with Crippen LogP contribution in [0.3, 0.4) is 0 Å². The zero-order valence-electron chi connectivity index (χ0n) is 9.10. The van der Waals surface area contributed by atoms with Gasteiger partial charge in [0.05, 0.1) is 17.5 Å². The second kappa shape index (κ2) is 4.44. The molecule has 0 fully saturated rings. The Hall–Kier alpha value is -1.69. The molecule has 2 aromatic rings. The van der Waals surface area contributed by atoms with E-state index in [0.29, 0.717) is 10.7 Å². The normalized spacial score (nSPS) is 10.4. The third-order valence-corrected chi connectivity index (χ3v) is 2.93. The fourth-order valence-electron chi connectivity index (χ4n) is 1.23. The van der Waals surface area contributed by atoms with Crippen LogP contribution in [0.5, 0.6) is 0 Å². The Kier molecular flexibility index (Phi) is 3.00. The molecule has 5 nitrogen and oxygen atoms in total. The first-order valence-electron chi connectivity index (χ1n) is 4.95. The Morgan fingerprint density at radius 3 is 3.00 bits per heavy atom. The van der Waals surface area contributed by atoms with E-state index >= 15 is 0 Å². The number of nitrogens with zero attached hydrogens (tertiary/aromatic N) is 3. The van der Waals surface area contributed by atoms with E-state index in [4.69, 9.17) is 0 Å². The third kappa shape index (κ3) is 2.27. The van der Waals surface area contributed by atoms with Gasteiger partial charge in [-0.2, -0.15) is 5.10 Å². The predicted molar refractivity (Wildman–Crippen MR) is 62.7 cm³/mol.